The Morgan fingerprint density at radius 2 is 1.76 bits per heavy atom. The molecular weight excluding hydrogens is 316 g/mol. The fraction of sp³-hybridized carbons (Fsp3) is 0.300. The maximum absolute atomic E-state index is 12.5. The van der Waals surface area contributed by atoms with Crippen LogP contribution in [0.15, 0.2) is 59.4 Å². The second-order valence-electron chi connectivity index (χ2n) is 6.08. The van der Waals surface area contributed by atoms with Crippen molar-refractivity contribution in [3.8, 4) is 5.75 Å². The van der Waals surface area contributed by atoms with Crippen LogP contribution in [0.5, 0.6) is 5.75 Å². The maximum atomic E-state index is 12.5. The lowest BCUT2D eigenvalue weighted by atomic mass is 10.1. The molecule has 5 nitrogen and oxygen atoms in total. The van der Waals surface area contributed by atoms with Crippen molar-refractivity contribution < 1.29 is 9.53 Å². The molecule has 1 aliphatic rings. The predicted molar refractivity (Wildman–Crippen MR) is 98.7 cm³/mol. The van der Waals surface area contributed by atoms with E-state index in [9.17, 15) is 9.59 Å². The Morgan fingerprint density at radius 3 is 2.52 bits per heavy atom. The highest BCUT2D eigenvalue weighted by Gasteiger charge is 2.20. The molecule has 0 spiro atoms. The summed E-state index contributed by atoms with van der Waals surface area (Å²) < 4.78 is 5.17. The van der Waals surface area contributed by atoms with Gasteiger partial charge in [0.05, 0.1) is 19.3 Å². The van der Waals surface area contributed by atoms with Gasteiger partial charge in [-0.05, 0) is 24.3 Å². The van der Waals surface area contributed by atoms with Gasteiger partial charge in [0.25, 0.3) is 0 Å². The van der Waals surface area contributed by atoms with E-state index in [1.165, 1.54) is 0 Å². The van der Waals surface area contributed by atoms with E-state index in [0.717, 1.165) is 31.9 Å². The highest BCUT2D eigenvalue weighted by Crippen LogP contribution is 2.15. The first kappa shape index (κ1) is 17.2. The van der Waals surface area contributed by atoms with Crippen molar-refractivity contribution >= 4 is 11.5 Å². The molecule has 1 fully saturated rings. The van der Waals surface area contributed by atoms with Gasteiger partial charge in [-0.15, -0.1) is 0 Å². The van der Waals surface area contributed by atoms with Gasteiger partial charge in [0, 0.05) is 31.7 Å². The molecule has 0 N–H and O–H groups in total. The standard InChI is InChI=1S/C20H22N2O3/c1-25-17-7-5-6-16(14-17)20(24)15-21-10-12-22(13-11-21)18-8-3-2-4-9-19(18)23/h2-9,14H,10-13,15H2,1H3. The molecule has 3 rings (SSSR count). The molecule has 0 unspecified atom stereocenters. The van der Waals surface area contributed by atoms with E-state index in [0.29, 0.717) is 17.9 Å². The van der Waals surface area contributed by atoms with Crippen LogP contribution in [0.3, 0.4) is 0 Å². The number of rotatable bonds is 5. The lowest BCUT2D eigenvalue weighted by Gasteiger charge is -2.35. The average Bonchev–Trinajstić information content (AvgIpc) is 2.87. The van der Waals surface area contributed by atoms with Crippen molar-refractivity contribution in [2.24, 2.45) is 0 Å². The van der Waals surface area contributed by atoms with Gasteiger partial charge in [0.15, 0.2) is 5.78 Å². The van der Waals surface area contributed by atoms with Gasteiger partial charge in [-0.1, -0.05) is 30.3 Å². The molecule has 0 aliphatic carbocycles. The number of hydrogen-bond donors (Lipinski definition) is 0. The smallest absolute Gasteiger partial charge is 0.201 e. The first-order valence-corrected chi connectivity index (χ1v) is 8.41. The summed E-state index contributed by atoms with van der Waals surface area (Å²) in [6.45, 7) is 3.38. The number of ether oxygens (including phenoxy) is 1. The maximum Gasteiger partial charge on any atom is 0.201 e. The molecule has 2 aromatic rings. The highest BCUT2D eigenvalue weighted by molar-refractivity contribution is 5.98. The third-order valence-corrected chi connectivity index (χ3v) is 4.45. The summed E-state index contributed by atoms with van der Waals surface area (Å²) in [7, 11) is 1.59. The van der Waals surface area contributed by atoms with E-state index in [4.69, 9.17) is 4.74 Å². The number of carbonyl (C=O) groups excluding carboxylic acids is 1. The summed E-state index contributed by atoms with van der Waals surface area (Å²) in [6, 6.07) is 16.2. The first-order valence-electron chi connectivity index (χ1n) is 8.41. The molecule has 0 amide bonds. The highest BCUT2D eigenvalue weighted by atomic mass is 16.5. The second-order valence-corrected chi connectivity index (χ2v) is 6.08. The Kier molecular flexibility index (Phi) is 5.46. The zero-order chi connectivity index (χ0) is 17.6. The fourth-order valence-electron chi connectivity index (χ4n) is 3.02. The largest absolute Gasteiger partial charge is 0.497 e. The molecule has 130 valence electrons. The average molecular weight is 338 g/mol. The van der Waals surface area contributed by atoms with E-state index in [-0.39, 0.29) is 11.2 Å². The Balaban J connectivity index is 1.60. The molecule has 0 radical (unpaired) electrons. The Hall–Kier alpha value is -2.66. The fourth-order valence-corrected chi connectivity index (χ4v) is 3.02. The van der Waals surface area contributed by atoms with E-state index >= 15 is 0 Å². The van der Waals surface area contributed by atoms with E-state index in [1.807, 2.05) is 36.4 Å². The molecule has 0 aromatic heterocycles. The van der Waals surface area contributed by atoms with Crippen molar-refractivity contribution in [3.63, 3.8) is 0 Å². The lowest BCUT2D eigenvalue weighted by molar-refractivity contribution is 0.0926. The van der Waals surface area contributed by atoms with E-state index in [2.05, 4.69) is 9.80 Å². The van der Waals surface area contributed by atoms with Crippen LogP contribution < -0.4 is 15.1 Å². The predicted octanol–water partition coefficient (Wildman–Crippen LogP) is 2.06. The lowest BCUT2D eigenvalue weighted by Crippen LogP contribution is -2.48. The number of Topliss-reactive ketones (excluding diaryl/α,β-unsaturated/α-hetero) is 1. The van der Waals surface area contributed by atoms with Crippen LogP contribution in [0, 0.1) is 0 Å². The van der Waals surface area contributed by atoms with E-state index in [1.54, 1.807) is 25.3 Å². The number of benzene rings is 1. The minimum absolute atomic E-state index is 0.0332. The normalized spacial score (nSPS) is 15.0. The third-order valence-electron chi connectivity index (χ3n) is 4.45. The summed E-state index contributed by atoms with van der Waals surface area (Å²) in [5.41, 5.74) is 1.42. The molecule has 5 heteroatoms. The number of ketones is 1. The second kappa shape index (κ2) is 7.94. The monoisotopic (exact) mass is 338 g/mol. The molecule has 0 atom stereocenters. The topological polar surface area (TPSA) is 49.9 Å². The van der Waals surface area contributed by atoms with Gasteiger partial charge in [0.1, 0.15) is 5.75 Å². The summed E-state index contributed by atoms with van der Waals surface area (Å²) in [4.78, 5) is 28.8. The molecule has 0 bridgehead atoms. The Morgan fingerprint density at radius 1 is 1.00 bits per heavy atom. The van der Waals surface area contributed by atoms with Gasteiger partial charge < -0.3 is 9.64 Å². The van der Waals surface area contributed by atoms with Crippen molar-refractivity contribution in [2.45, 2.75) is 0 Å². The Bertz CT molecular complexity index is 799. The third kappa shape index (κ3) is 4.25. The van der Waals surface area contributed by atoms with Crippen LogP contribution in [0.1, 0.15) is 10.4 Å². The number of carbonyl (C=O) groups is 1. The van der Waals surface area contributed by atoms with Crippen LogP contribution in [-0.2, 0) is 0 Å². The number of anilines is 1. The summed E-state index contributed by atoms with van der Waals surface area (Å²) >= 11 is 0. The van der Waals surface area contributed by atoms with Gasteiger partial charge in [-0.2, -0.15) is 0 Å². The van der Waals surface area contributed by atoms with Gasteiger partial charge in [-0.3, -0.25) is 14.5 Å². The van der Waals surface area contributed by atoms with E-state index < -0.39 is 0 Å². The van der Waals surface area contributed by atoms with Crippen molar-refractivity contribution in [1.29, 1.82) is 0 Å². The first-order chi connectivity index (χ1) is 12.2. The number of piperazine rings is 1. The summed E-state index contributed by atoms with van der Waals surface area (Å²) in [5, 5.41) is 0. The molecule has 25 heavy (non-hydrogen) atoms. The summed E-state index contributed by atoms with van der Waals surface area (Å²) in [6.07, 6.45) is 0. The molecule has 1 saturated heterocycles. The zero-order valence-corrected chi connectivity index (χ0v) is 14.4. The molecule has 2 aromatic carbocycles. The van der Waals surface area contributed by atoms with Crippen LogP contribution in [-0.4, -0.2) is 50.5 Å². The van der Waals surface area contributed by atoms with Crippen molar-refractivity contribution in [3.05, 3.63) is 70.4 Å². The van der Waals surface area contributed by atoms with Crippen LogP contribution in [0.4, 0.5) is 5.69 Å². The summed E-state index contributed by atoms with van der Waals surface area (Å²) in [5.74, 6) is 0.776. The SMILES string of the molecule is COc1cccc(C(=O)CN2CCN(c3cccccc3=O)CC2)c1. The van der Waals surface area contributed by atoms with Crippen molar-refractivity contribution in [2.75, 3.05) is 44.7 Å². The van der Waals surface area contributed by atoms with Crippen LogP contribution >= 0.6 is 0 Å². The molecule has 0 saturated carbocycles. The number of methoxy groups -OCH3 is 1. The van der Waals surface area contributed by atoms with Gasteiger partial charge >= 0.3 is 0 Å². The van der Waals surface area contributed by atoms with Crippen molar-refractivity contribution in [1.82, 2.24) is 4.90 Å². The molecular formula is C20H22N2O3. The minimum Gasteiger partial charge on any atom is -0.497 e. The molecule has 1 heterocycles. The number of hydrogen-bond acceptors (Lipinski definition) is 5. The van der Waals surface area contributed by atoms with Gasteiger partial charge in [0.2, 0.25) is 5.43 Å². The van der Waals surface area contributed by atoms with Gasteiger partial charge in [-0.25, -0.2) is 0 Å². The Labute approximate surface area is 147 Å². The van der Waals surface area contributed by atoms with Crippen LogP contribution in [0.25, 0.3) is 0 Å². The zero-order valence-electron chi connectivity index (χ0n) is 14.4. The minimum atomic E-state index is 0.0332. The molecule has 1 aliphatic heterocycles. The quantitative estimate of drug-likeness (QED) is 0.781. The van der Waals surface area contributed by atoms with Crippen LogP contribution in [0.2, 0.25) is 0 Å². The number of nitrogens with zero attached hydrogens (tertiary/aromatic N) is 2.